The monoisotopic (exact) mass is 408 g/mol. The molecule has 0 radical (unpaired) electrons. The van der Waals surface area contributed by atoms with Crippen LogP contribution < -0.4 is 9.80 Å². The summed E-state index contributed by atoms with van der Waals surface area (Å²) in [6.07, 6.45) is 7.88. The number of fused-ring (bicyclic) bond motifs is 3. The molecule has 0 saturated carbocycles. The molecular formula is C21H21ClN6O. The molecule has 2 aliphatic rings. The Kier molecular flexibility index (Phi) is 4.10. The molecule has 8 heteroatoms. The number of amides is 1. The highest BCUT2D eigenvalue weighted by molar-refractivity contribution is 6.30. The Labute approximate surface area is 174 Å². The molecular weight excluding hydrogens is 388 g/mol. The highest BCUT2D eigenvalue weighted by Gasteiger charge is 2.52. The molecule has 0 aliphatic carbocycles. The minimum absolute atomic E-state index is 0.128. The number of carbonyl (C=O) groups is 1. The van der Waals surface area contributed by atoms with Crippen molar-refractivity contribution in [2.24, 2.45) is 0 Å². The second-order valence-electron chi connectivity index (χ2n) is 7.51. The molecule has 4 heterocycles. The summed E-state index contributed by atoms with van der Waals surface area (Å²) in [7, 11) is 1.81. The fourth-order valence-electron chi connectivity index (χ4n) is 4.56. The number of benzene rings is 1. The van der Waals surface area contributed by atoms with E-state index in [0.29, 0.717) is 11.0 Å². The minimum Gasteiger partial charge on any atom is -0.340 e. The Bertz CT molecular complexity index is 1110. The summed E-state index contributed by atoms with van der Waals surface area (Å²) in [6.45, 7) is 2.90. The molecule has 7 nitrogen and oxygen atoms in total. The fourth-order valence-corrected chi connectivity index (χ4v) is 4.76. The number of hydrogen-bond acceptors (Lipinski definition) is 5. The van der Waals surface area contributed by atoms with E-state index in [1.807, 2.05) is 42.1 Å². The number of likely N-dealkylation sites (N-methyl/N-ethyl adjacent to an activating group) is 1. The highest BCUT2D eigenvalue weighted by atomic mass is 35.5. The number of carbonyl (C=O) groups excluding carboxylic acids is 1. The van der Waals surface area contributed by atoms with Crippen molar-refractivity contribution in [3.05, 3.63) is 47.9 Å². The number of aromatic nitrogens is 4. The summed E-state index contributed by atoms with van der Waals surface area (Å²) < 4.78 is 1.85. The van der Waals surface area contributed by atoms with Crippen LogP contribution in [-0.4, -0.2) is 44.6 Å². The molecule has 1 amide bonds. The van der Waals surface area contributed by atoms with Gasteiger partial charge in [-0.3, -0.25) is 9.36 Å². The zero-order chi connectivity index (χ0) is 20.2. The molecule has 1 fully saturated rings. The standard InChI is InChI=1S/C21H21ClN6O/c1-3-21-8-5-10-28(21)18-16(26(2)19(21)29)13-24-20(25-18)27-11-9-23-17(27)14-6-4-7-15(22)12-14/h4,6-7,9,11-13H,3,5,8,10H2,1-2H3. The fraction of sp³-hybridized carbons (Fsp3) is 0.333. The maximum Gasteiger partial charge on any atom is 0.252 e. The van der Waals surface area contributed by atoms with Gasteiger partial charge in [-0.1, -0.05) is 30.7 Å². The summed E-state index contributed by atoms with van der Waals surface area (Å²) in [5, 5.41) is 0.647. The van der Waals surface area contributed by atoms with Crippen LogP contribution in [0, 0.1) is 0 Å². The lowest BCUT2D eigenvalue weighted by molar-refractivity contribution is -0.123. The zero-order valence-corrected chi connectivity index (χ0v) is 17.1. The van der Waals surface area contributed by atoms with E-state index in [-0.39, 0.29) is 5.91 Å². The molecule has 3 aromatic rings. The normalized spacial score (nSPS) is 20.7. The van der Waals surface area contributed by atoms with Crippen molar-refractivity contribution in [2.75, 3.05) is 23.4 Å². The van der Waals surface area contributed by atoms with E-state index in [4.69, 9.17) is 16.6 Å². The van der Waals surface area contributed by atoms with Crippen molar-refractivity contribution in [3.63, 3.8) is 0 Å². The lowest BCUT2D eigenvalue weighted by Gasteiger charge is -2.45. The summed E-state index contributed by atoms with van der Waals surface area (Å²) in [5.74, 6) is 2.18. The molecule has 1 unspecified atom stereocenters. The Morgan fingerprint density at radius 3 is 2.93 bits per heavy atom. The first-order chi connectivity index (χ1) is 14.0. The van der Waals surface area contributed by atoms with Crippen molar-refractivity contribution >= 4 is 29.0 Å². The van der Waals surface area contributed by atoms with Gasteiger partial charge in [0.1, 0.15) is 17.1 Å². The van der Waals surface area contributed by atoms with E-state index < -0.39 is 5.54 Å². The molecule has 0 bridgehead atoms. The van der Waals surface area contributed by atoms with Crippen molar-refractivity contribution in [1.29, 1.82) is 0 Å². The van der Waals surface area contributed by atoms with E-state index in [0.717, 1.165) is 48.7 Å². The molecule has 0 spiro atoms. The van der Waals surface area contributed by atoms with E-state index in [1.165, 1.54) is 0 Å². The van der Waals surface area contributed by atoms with Gasteiger partial charge in [0.25, 0.3) is 5.91 Å². The predicted molar refractivity (Wildman–Crippen MR) is 113 cm³/mol. The van der Waals surface area contributed by atoms with Crippen LogP contribution in [0.2, 0.25) is 5.02 Å². The summed E-state index contributed by atoms with van der Waals surface area (Å²) in [5.41, 5.74) is 1.13. The Morgan fingerprint density at radius 1 is 1.28 bits per heavy atom. The van der Waals surface area contributed by atoms with Crippen molar-refractivity contribution < 1.29 is 4.79 Å². The Balaban J connectivity index is 1.64. The van der Waals surface area contributed by atoms with Gasteiger partial charge in [-0.15, -0.1) is 0 Å². The largest absolute Gasteiger partial charge is 0.340 e. The molecule has 2 aromatic heterocycles. The predicted octanol–water partition coefficient (Wildman–Crippen LogP) is 3.71. The van der Waals surface area contributed by atoms with Gasteiger partial charge in [0.2, 0.25) is 5.95 Å². The molecule has 29 heavy (non-hydrogen) atoms. The third kappa shape index (κ3) is 2.57. The maximum absolute atomic E-state index is 13.1. The van der Waals surface area contributed by atoms with Gasteiger partial charge >= 0.3 is 0 Å². The lowest BCUT2D eigenvalue weighted by Crippen LogP contribution is -2.59. The minimum atomic E-state index is -0.502. The molecule has 1 aromatic carbocycles. The number of halogens is 1. The molecule has 148 valence electrons. The Hall–Kier alpha value is -2.93. The SMILES string of the molecule is CCC12CCCN1c1nc(-n3ccnc3-c3cccc(Cl)c3)ncc1N(C)C2=O. The Morgan fingerprint density at radius 2 is 2.14 bits per heavy atom. The number of hydrogen-bond donors (Lipinski definition) is 0. The number of rotatable bonds is 3. The van der Waals surface area contributed by atoms with Crippen molar-refractivity contribution in [2.45, 2.75) is 31.7 Å². The number of nitrogens with zero attached hydrogens (tertiary/aromatic N) is 6. The molecule has 0 N–H and O–H groups in total. The molecule has 1 saturated heterocycles. The van der Waals surface area contributed by atoms with Crippen LogP contribution in [0.1, 0.15) is 26.2 Å². The van der Waals surface area contributed by atoms with Gasteiger partial charge in [0.05, 0.1) is 6.20 Å². The molecule has 1 atom stereocenters. The van der Waals surface area contributed by atoms with Crippen LogP contribution in [0.4, 0.5) is 11.5 Å². The van der Waals surface area contributed by atoms with Crippen LogP contribution in [0.25, 0.3) is 17.3 Å². The number of anilines is 2. The average Bonchev–Trinajstić information content (AvgIpc) is 3.39. The maximum atomic E-state index is 13.1. The van der Waals surface area contributed by atoms with Crippen molar-refractivity contribution in [1.82, 2.24) is 19.5 Å². The van der Waals surface area contributed by atoms with Gasteiger partial charge in [0.15, 0.2) is 5.82 Å². The summed E-state index contributed by atoms with van der Waals surface area (Å²) in [6, 6.07) is 7.55. The molecule has 2 aliphatic heterocycles. The summed E-state index contributed by atoms with van der Waals surface area (Å²) in [4.78, 5) is 30.9. The first-order valence-corrected chi connectivity index (χ1v) is 10.2. The van der Waals surface area contributed by atoms with Crippen LogP contribution in [0.3, 0.4) is 0 Å². The number of imidazole rings is 1. The second kappa shape index (κ2) is 6.56. The lowest BCUT2D eigenvalue weighted by atomic mass is 9.89. The first-order valence-electron chi connectivity index (χ1n) is 9.77. The average molecular weight is 409 g/mol. The van der Waals surface area contributed by atoms with Crippen LogP contribution in [0.5, 0.6) is 0 Å². The second-order valence-corrected chi connectivity index (χ2v) is 7.95. The van der Waals surface area contributed by atoms with Gasteiger partial charge in [-0.2, -0.15) is 4.98 Å². The van der Waals surface area contributed by atoms with Gasteiger partial charge < -0.3 is 9.80 Å². The van der Waals surface area contributed by atoms with Crippen LogP contribution in [0.15, 0.2) is 42.9 Å². The first kappa shape index (κ1) is 18.1. The topological polar surface area (TPSA) is 67.2 Å². The van der Waals surface area contributed by atoms with Gasteiger partial charge in [0, 0.05) is 36.6 Å². The van der Waals surface area contributed by atoms with Gasteiger partial charge in [-0.25, -0.2) is 9.97 Å². The third-order valence-electron chi connectivity index (χ3n) is 6.07. The van der Waals surface area contributed by atoms with E-state index in [1.54, 1.807) is 17.3 Å². The van der Waals surface area contributed by atoms with Crippen molar-refractivity contribution in [3.8, 4) is 17.3 Å². The zero-order valence-electron chi connectivity index (χ0n) is 16.3. The van der Waals surface area contributed by atoms with Gasteiger partial charge in [-0.05, 0) is 31.4 Å². The van der Waals surface area contributed by atoms with Crippen LogP contribution >= 0.6 is 11.6 Å². The highest BCUT2D eigenvalue weighted by Crippen LogP contribution is 2.45. The quantitative estimate of drug-likeness (QED) is 0.660. The van der Waals surface area contributed by atoms with Crippen LogP contribution in [-0.2, 0) is 4.79 Å². The third-order valence-corrected chi connectivity index (χ3v) is 6.30. The van der Waals surface area contributed by atoms with E-state index in [2.05, 4.69) is 21.8 Å². The smallest absolute Gasteiger partial charge is 0.252 e. The van der Waals surface area contributed by atoms with E-state index >= 15 is 0 Å². The molecule has 5 rings (SSSR count). The van der Waals surface area contributed by atoms with E-state index in [9.17, 15) is 4.79 Å². The summed E-state index contributed by atoms with van der Waals surface area (Å²) >= 11 is 6.16.